The minimum absolute atomic E-state index is 0.166. The zero-order chi connectivity index (χ0) is 17.4. The SMILES string of the molecule is C[C@H](Oc1ccc(C#N)cc1)C(=O)NNC(=S)NC[C@H]1CCCO1. The number of carbonyl (C=O) groups excluding carboxylic acids is 1. The van der Waals surface area contributed by atoms with E-state index in [2.05, 4.69) is 16.2 Å². The van der Waals surface area contributed by atoms with E-state index in [-0.39, 0.29) is 12.0 Å². The van der Waals surface area contributed by atoms with Crippen LogP contribution < -0.4 is 20.9 Å². The van der Waals surface area contributed by atoms with Gasteiger partial charge in [-0.05, 0) is 56.2 Å². The number of hydrogen-bond donors (Lipinski definition) is 3. The summed E-state index contributed by atoms with van der Waals surface area (Å²) in [5, 5.41) is 12.1. The minimum Gasteiger partial charge on any atom is -0.481 e. The molecule has 7 nitrogen and oxygen atoms in total. The molecule has 0 radical (unpaired) electrons. The van der Waals surface area contributed by atoms with Crippen molar-refractivity contribution in [2.45, 2.75) is 32.0 Å². The number of ether oxygens (including phenoxy) is 2. The fourth-order valence-electron chi connectivity index (χ4n) is 2.14. The fraction of sp³-hybridized carbons (Fsp3) is 0.438. The molecule has 0 aromatic heterocycles. The Hall–Kier alpha value is -2.37. The van der Waals surface area contributed by atoms with Crippen molar-refractivity contribution in [1.29, 1.82) is 5.26 Å². The molecular weight excluding hydrogens is 328 g/mol. The first kappa shape index (κ1) is 18.0. The van der Waals surface area contributed by atoms with Gasteiger partial charge in [0, 0.05) is 13.2 Å². The molecule has 0 aliphatic carbocycles. The van der Waals surface area contributed by atoms with Crippen LogP contribution in [0, 0.1) is 11.3 Å². The van der Waals surface area contributed by atoms with Gasteiger partial charge in [-0.15, -0.1) is 0 Å². The van der Waals surface area contributed by atoms with E-state index in [1.165, 1.54) is 0 Å². The topological polar surface area (TPSA) is 95.4 Å². The third kappa shape index (κ3) is 5.68. The fourth-order valence-corrected chi connectivity index (χ4v) is 2.28. The van der Waals surface area contributed by atoms with Gasteiger partial charge in [-0.25, -0.2) is 0 Å². The predicted octanol–water partition coefficient (Wildman–Crippen LogP) is 1.000. The Morgan fingerprint density at radius 1 is 1.46 bits per heavy atom. The molecule has 0 spiro atoms. The predicted molar refractivity (Wildman–Crippen MR) is 92.1 cm³/mol. The van der Waals surface area contributed by atoms with Crippen molar-refractivity contribution < 1.29 is 14.3 Å². The Balaban J connectivity index is 1.68. The van der Waals surface area contributed by atoms with Crippen LogP contribution in [-0.2, 0) is 9.53 Å². The molecular formula is C16H20N4O3S. The van der Waals surface area contributed by atoms with E-state index < -0.39 is 6.10 Å². The smallest absolute Gasteiger partial charge is 0.279 e. The normalized spacial score (nSPS) is 17.4. The quantitative estimate of drug-likeness (QED) is 0.540. The molecule has 1 amide bonds. The van der Waals surface area contributed by atoms with Gasteiger partial charge < -0.3 is 14.8 Å². The van der Waals surface area contributed by atoms with E-state index >= 15 is 0 Å². The summed E-state index contributed by atoms with van der Waals surface area (Å²) in [6, 6.07) is 8.56. The van der Waals surface area contributed by atoms with Crippen molar-refractivity contribution in [2.75, 3.05) is 13.2 Å². The number of nitrogens with zero attached hydrogens (tertiary/aromatic N) is 1. The Morgan fingerprint density at radius 2 is 2.21 bits per heavy atom. The summed E-state index contributed by atoms with van der Waals surface area (Å²) < 4.78 is 11.0. The molecule has 8 heteroatoms. The van der Waals surface area contributed by atoms with Crippen molar-refractivity contribution in [2.24, 2.45) is 0 Å². The van der Waals surface area contributed by atoms with Gasteiger partial charge >= 0.3 is 0 Å². The number of thiocarbonyl (C=S) groups is 1. The lowest BCUT2D eigenvalue weighted by molar-refractivity contribution is -0.127. The second-order valence-corrected chi connectivity index (χ2v) is 5.76. The van der Waals surface area contributed by atoms with Crippen molar-refractivity contribution in [3.8, 4) is 11.8 Å². The maximum Gasteiger partial charge on any atom is 0.279 e. The van der Waals surface area contributed by atoms with Crippen LogP contribution in [0.2, 0.25) is 0 Å². The second-order valence-electron chi connectivity index (χ2n) is 5.36. The highest BCUT2D eigenvalue weighted by atomic mass is 32.1. The molecule has 24 heavy (non-hydrogen) atoms. The van der Waals surface area contributed by atoms with Crippen molar-refractivity contribution in [1.82, 2.24) is 16.2 Å². The number of hydrazine groups is 1. The van der Waals surface area contributed by atoms with Gasteiger partial charge in [-0.3, -0.25) is 15.6 Å². The Kier molecular flexibility index (Phi) is 6.78. The number of hydrogen-bond acceptors (Lipinski definition) is 5. The first-order valence-corrected chi connectivity index (χ1v) is 8.11. The zero-order valence-corrected chi connectivity index (χ0v) is 14.2. The highest BCUT2D eigenvalue weighted by Gasteiger charge is 2.17. The van der Waals surface area contributed by atoms with Gasteiger partial charge in [0.2, 0.25) is 0 Å². The molecule has 1 aliphatic heterocycles. The summed E-state index contributed by atoms with van der Waals surface area (Å²) in [4.78, 5) is 12.0. The molecule has 128 valence electrons. The van der Waals surface area contributed by atoms with Crippen molar-refractivity contribution >= 4 is 23.2 Å². The van der Waals surface area contributed by atoms with Crippen LogP contribution in [0.5, 0.6) is 5.75 Å². The highest BCUT2D eigenvalue weighted by Crippen LogP contribution is 2.13. The van der Waals surface area contributed by atoms with Gasteiger partial charge in [-0.1, -0.05) is 0 Å². The maximum atomic E-state index is 12.0. The summed E-state index contributed by atoms with van der Waals surface area (Å²) in [5.74, 6) is 0.149. The van der Waals surface area contributed by atoms with Crippen LogP contribution in [0.1, 0.15) is 25.3 Å². The third-order valence-electron chi connectivity index (χ3n) is 3.48. The lowest BCUT2D eigenvalue weighted by Crippen LogP contribution is -2.51. The van der Waals surface area contributed by atoms with Gasteiger partial charge in [-0.2, -0.15) is 5.26 Å². The van der Waals surface area contributed by atoms with Crippen LogP contribution in [0.25, 0.3) is 0 Å². The van der Waals surface area contributed by atoms with Crippen LogP contribution in [0.3, 0.4) is 0 Å². The highest BCUT2D eigenvalue weighted by molar-refractivity contribution is 7.80. The molecule has 1 aromatic carbocycles. The number of carbonyl (C=O) groups is 1. The molecule has 0 bridgehead atoms. The second kappa shape index (κ2) is 9.05. The van der Waals surface area contributed by atoms with Gasteiger partial charge in [0.25, 0.3) is 5.91 Å². The van der Waals surface area contributed by atoms with E-state index in [0.29, 0.717) is 23.0 Å². The maximum absolute atomic E-state index is 12.0. The molecule has 0 saturated carbocycles. The first-order valence-electron chi connectivity index (χ1n) is 7.70. The third-order valence-corrected chi connectivity index (χ3v) is 3.73. The van der Waals surface area contributed by atoms with Gasteiger partial charge in [0.1, 0.15) is 5.75 Å². The van der Waals surface area contributed by atoms with Gasteiger partial charge in [0.15, 0.2) is 11.2 Å². The standard InChI is InChI=1S/C16H20N4O3S/c1-11(23-13-6-4-12(9-17)5-7-13)15(21)19-20-16(24)18-10-14-3-2-8-22-14/h4-7,11,14H,2-3,8,10H2,1H3,(H,19,21)(H2,18,20,24)/t11-,14+/m0/s1. The van der Waals surface area contributed by atoms with Gasteiger partial charge in [0.05, 0.1) is 17.7 Å². The first-order chi connectivity index (χ1) is 11.6. The van der Waals surface area contributed by atoms with Crippen LogP contribution in [0.15, 0.2) is 24.3 Å². The molecule has 2 atom stereocenters. The molecule has 1 aliphatic rings. The summed E-state index contributed by atoms with van der Waals surface area (Å²) in [5.41, 5.74) is 5.65. The molecule has 2 rings (SSSR count). The van der Waals surface area contributed by atoms with E-state index in [0.717, 1.165) is 19.4 Å². The molecule has 1 saturated heterocycles. The van der Waals surface area contributed by atoms with E-state index in [4.69, 9.17) is 27.0 Å². The van der Waals surface area contributed by atoms with Crippen LogP contribution in [-0.4, -0.2) is 36.4 Å². The monoisotopic (exact) mass is 348 g/mol. The largest absolute Gasteiger partial charge is 0.481 e. The summed E-state index contributed by atoms with van der Waals surface area (Å²) in [6.07, 6.45) is 1.52. The summed E-state index contributed by atoms with van der Waals surface area (Å²) >= 11 is 5.09. The lowest BCUT2D eigenvalue weighted by atomic mass is 10.2. The zero-order valence-electron chi connectivity index (χ0n) is 13.4. The number of benzene rings is 1. The molecule has 3 N–H and O–H groups in total. The molecule has 1 heterocycles. The summed E-state index contributed by atoms with van der Waals surface area (Å²) in [6.45, 7) is 3.02. The Bertz CT molecular complexity index is 609. The van der Waals surface area contributed by atoms with Crippen LogP contribution >= 0.6 is 12.2 Å². The van der Waals surface area contributed by atoms with E-state index in [9.17, 15) is 4.79 Å². The average Bonchev–Trinajstić information content (AvgIpc) is 3.12. The lowest BCUT2D eigenvalue weighted by Gasteiger charge is -2.17. The Labute approximate surface area is 146 Å². The number of nitrogens with one attached hydrogen (secondary N) is 3. The molecule has 1 fully saturated rings. The van der Waals surface area contributed by atoms with Crippen molar-refractivity contribution in [3.63, 3.8) is 0 Å². The van der Waals surface area contributed by atoms with E-state index in [1.807, 2.05) is 6.07 Å². The average molecular weight is 348 g/mol. The Morgan fingerprint density at radius 3 is 2.83 bits per heavy atom. The van der Waals surface area contributed by atoms with Crippen molar-refractivity contribution in [3.05, 3.63) is 29.8 Å². The summed E-state index contributed by atoms with van der Waals surface area (Å²) in [7, 11) is 0. The molecule has 1 aromatic rings. The number of rotatable bonds is 5. The number of nitriles is 1. The number of amides is 1. The molecule has 0 unspecified atom stereocenters. The minimum atomic E-state index is -0.716. The van der Waals surface area contributed by atoms with Crippen LogP contribution in [0.4, 0.5) is 0 Å². The van der Waals surface area contributed by atoms with E-state index in [1.54, 1.807) is 31.2 Å².